The Bertz CT molecular complexity index is 394. The van der Waals surface area contributed by atoms with E-state index in [4.69, 9.17) is 5.73 Å². The van der Waals surface area contributed by atoms with Crippen LogP contribution in [0.25, 0.3) is 0 Å². The fourth-order valence-corrected chi connectivity index (χ4v) is 1.86. The van der Waals surface area contributed by atoms with Gasteiger partial charge >= 0.3 is 6.03 Å². The minimum atomic E-state index is -0.878. The number of amides is 3. The molecule has 1 atom stereocenters. The lowest BCUT2D eigenvalue weighted by Crippen LogP contribution is -2.39. The van der Waals surface area contributed by atoms with Crippen molar-refractivity contribution >= 4 is 23.7 Å². The Kier molecular flexibility index (Phi) is 4.30. The number of benzene rings is 1. The largest absolute Gasteiger partial charge is 0.351 e. The number of hydrogen-bond donors (Lipinski definition) is 2. The Morgan fingerprint density at radius 1 is 1.38 bits per heavy atom. The van der Waals surface area contributed by atoms with Crippen LogP contribution >= 0.6 is 11.8 Å². The van der Waals surface area contributed by atoms with Crippen LogP contribution in [-0.2, 0) is 4.79 Å². The van der Waals surface area contributed by atoms with Gasteiger partial charge in [0.05, 0.1) is 5.25 Å². The molecule has 0 fully saturated rings. The number of carbonyl (C=O) groups excluding carboxylic acids is 2. The minimum Gasteiger partial charge on any atom is -0.351 e. The van der Waals surface area contributed by atoms with Crippen molar-refractivity contribution in [3.05, 3.63) is 30.1 Å². The van der Waals surface area contributed by atoms with Crippen molar-refractivity contribution in [3.8, 4) is 0 Å². The van der Waals surface area contributed by atoms with Crippen LogP contribution in [0.5, 0.6) is 0 Å². The van der Waals surface area contributed by atoms with E-state index in [9.17, 15) is 14.0 Å². The summed E-state index contributed by atoms with van der Waals surface area (Å²) in [6.45, 7) is 1.63. The monoisotopic (exact) mass is 242 g/mol. The number of thioether (sulfide) groups is 1. The molecule has 1 aromatic rings. The topological polar surface area (TPSA) is 72.2 Å². The van der Waals surface area contributed by atoms with Gasteiger partial charge in [-0.2, -0.15) is 0 Å². The van der Waals surface area contributed by atoms with Gasteiger partial charge in [-0.15, -0.1) is 11.8 Å². The molecule has 3 N–H and O–H groups in total. The lowest BCUT2D eigenvalue weighted by Gasteiger charge is -2.09. The zero-order chi connectivity index (χ0) is 12.1. The van der Waals surface area contributed by atoms with Gasteiger partial charge in [0.15, 0.2) is 0 Å². The van der Waals surface area contributed by atoms with E-state index in [-0.39, 0.29) is 5.82 Å². The van der Waals surface area contributed by atoms with E-state index >= 15 is 0 Å². The first-order valence-corrected chi connectivity index (χ1v) is 5.39. The summed E-state index contributed by atoms with van der Waals surface area (Å²) < 4.78 is 12.6. The number of rotatable bonds is 3. The fourth-order valence-electron chi connectivity index (χ4n) is 0.994. The molecule has 0 spiro atoms. The van der Waals surface area contributed by atoms with Crippen molar-refractivity contribution < 1.29 is 14.0 Å². The van der Waals surface area contributed by atoms with Gasteiger partial charge in [0.25, 0.3) is 0 Å². The zero-order valence-corrected chi connectivity index (χ0v) is 9.38. The van der Waals surface area contributed by atoms with Gasteiger partial charge in [-0.05, 0) is 31.2 Å². The SMILES string of the molecule is C[C@H](Sc1ccc(F)cc1)C(=O)NC(N)=O. The summed E-state index contributed by atoms with van der Waals surface area (Å²) in [7, 11) is 0. The Balaban J connectivity index is 2.57. The number of nitrogens with one attached hydrogen (secondary N) is 1. The van der Waals surface area contributed by atoms with Crippen LogP contribution in [0.1, 0.15) is 6.92 Å². The van der Waals surface area contributed by atoms with Gasteiger partial charge in [-0.25, -0.2) is 9.18 Å². The lowest BCUT2D eigenvalue weighted by atomic mass is 10.3. The van der Waals surface area contributed by atoms with E-state index in [0.29, 0.717) is 0 Å². The maximum Gasteiger partial charge on any atom is 0.318 e. The minimum absolute atomic E-state index is 0.335. The highest BCUT2D eigenvalue weighted by Crippen LogP contribution is 2.23. The van der Waals surface area contributed by atoms with E-state index in [1.54, 1.807) is 19.1 Å². The number of primary amides is 1. The highest BCUT2D eigenvalue weighted by molar-refractivity contribution is 8.00. The Morgan fingerprint density at radius 2 is 1.94 bits per heavy atom. The first kappa shape index (κ1) is 12.5. The fraction of sp³-hybridized carbons (Fsp3) is 0.200. The van der Waals surface area contributed by atoms with Gasteiger partial charge in [0, 0.05) is 4.90 Å². The standard InChI is InChI=1S/C10H11FN2O2S/c1-6(9(14)13-10(12)15)16-8-4-2-7(11)3-5-8/h2-6H,1H3,(H3,12,13,14,15)/t6-/m0/s1. The zero-order valence-electron chi connectivity index (χ0n) is 8.57. The molecule has 0 aliphatic rings. The summed E-state index contributed by atoms with van der Waals surface area (Å²) in [6.07, 6.45) is 0. The molecule has 0 unspecified atom stereocenters. The highest BCUT2D eigenvalue weighted by atomic mass is 32.2. The third kappa shape index (κ3) is 3.90. The van der Waals surface area contributed by atoms with Crippen LogP contribution < -0.4 is 11.1 Å². The first-order valence-electron chi connectivity index (χ1n) is 4.51. The number of urea groups is 1. The maximum atomic E-state index is 12.6. The molecular weight excluding hydrogens is 231 g/mol. The molecule has 0 aliphatic heterocycles. The van der Waals surface area contributed by atoms with Crippen LogP contribution in [-0.4, -0.2) is 17.2 Å². The van der Waals surface area contributed by atoms with Crippen molar-refractivity contribution in [1.29, 1.82) is 0 Å². The number of hydrogen-bond acceptors (Lipinski definition) is 3. The summed E-state index contributed by atoms with van der Waals surface area (Å²) in [5, 5.41) is 1.51. The van der Waals surface area contributed by atoms with E-state index < -0.39 is 17.2 Å². The molecule has 0 aliphatic carbocycles. The van der Waals surface area contributed by atoms with Crippen LogP contribution in [0.2, 0.25) is 0 Å². The van der Waals surface area contributed by atoms with Crippen molar-refractivity contribution in [3.63, 3.8) is 0 Å². The molecule has 3 amide bonds. The molecule has 0 saturated heterocycles. The molecule has 86 valence electrons. The average Bonchev–Trinajstić information content (AvgIpc) is 2.20. The molecule has 0 aromatic heterocycles. The molecule has 4 nitrogen and oxygen atoms in total. The molecule has 0 bridgehead atoms. The molecule has 0 saturated carbocycles. The van der Waals surface area contributed by atoms with Crippen LogP contribution in [0, 0.1) is 5.82 Å². The number of nitrogens with two attached hydrogens (primary N) is 1. The molecule has 0 heterocycles. The highest BCUT2D eigenvalue weighted by Gasteiger charge is 2.15. The summed E-state index contributed by atoms with van der Waals surface area (Å²) in [5.74, 6) is -0.805. The number of imide groups is 1. The van der Waals surface area contributed by atoms with Crippen LogP contribution in [0.3, 0.4) is 0 Å². The third-order valence-electron chi connectivity index (χ3n) is 1.74. The van der Waals surface area contributed by atoms with Crippen LogP contribution in [0.15, 0.2) is 29.2 Å². The van der Waals surface area contributed by atoms with E-state index in [0.717, 1.165) is 4.90 Å². The first-order chi connectivity index (χ1) is 7.49. The van der Waals surface area contributed by atoms with E-state index in [2.05, 4.69) is 0 Å². The van der Waals surface area contributed by atoms with Crippen molar-refractivity contribution in [2.75, 3.05) is 0 Å². The summed E-state index contributed by atoms with van der Waals surface area (Å²) in [4.78, 5) is 22.5. The molecule has 1 aromatic carbocycles. The summed E-state index contributed by atoms with van der Waals surface area (Å²) in [5.41, 5.74) is 4.81. The average molecular weight is 242 g/mol. The second-order valence-corrected chi connectivity index (χ2v) is 4.48. The van der Waals surface area contributed by atoms with Gasteiger partial charge in [-0.3, -0.25) is 10.1 Å². The van der Waals surface area contributed by atoms with Crippen LogP contribution in [0.4, 0.5) is 9.18 Å². The maximum absolute atomic E-state index is 12.6. The number of carbonyl (C=O) groups is 2. The second kappa shape index (κ2) is 5.50. The Morgan fingerprint density at radius 3 is 2.44 bits per heavy atom. The Hall–Kier alpha value is -1.56. The quantitative estimate of drug-likeness (QED) is 0.789. The predicted molar refractivity (Wildman–Crippen MR) is 59.4 cm³/mol. The predicted octanol–water partition coefficient (Wildman–Crippen LogP) is 1.50. The third-order valence-corrected chi connectivity index (χ3v) is 2.85. The van der Waals surface area contributed by atoms with Crippen molar-refractivity contribution in [2.45, 2.75) is 17.1 Å². The van der Waals surface area contributed by atoms with Crippen molar-refractivity contribution in [1.82, 2.24) is 5.32 Å². The van der Waals surface area contributed by atoms with Gasteiger partial charge in [-0.1, -0.05) is 0 Å². The van der Waals surface area contributed by atoms with E-state index in [1.807, 2.05) is 5.32 Å². The van der Waals surface area contributed by atoms with Crippen molar-refractivity contribution in [2.24, 2.45) is 5.73 Å². The van der Waals surface area contributed by atoms with Gasteiger partial charge in [0.2, 0.25) is 5.91 Å². The molecule has 0 radical (unpaired) electrons. The number of halogens is 1. The molecular formula is C10H11FN2O2S. The van der Waals surface area contributed by atoms with Gasteiger partial charge in [0.1, 0.15) is 5.82 Å². The Labute approximate surface area is 96.4 Å². The summed E-state index contributed by atoms with van der Waals surface area (Å²) >= 11 is 1.22. The normalized spacial score (nSPS) is 11.9. The van der Waals surface area contributed by atoms with Gasteiger partial charge < -0.3 is 5.73 Å². The lowest BCUT2D eigenvalue weighted by molar-refractivity contribution is -0.119. The molecule has 1 rings (SSSR count). The molecule has 6 heteroatoms. The van der Waals surface area contributed by atoms with E-state index in [1.165, 1.54) is 23.9 Å². The molecule has 16 heavy (non-hydrogen) atoms. The smallest absolute Gasteiger partial charge is 0.318 e. The summed E-state index contributed by atoms with van der Waals surface area (Å²) in [6, 6.07) is 4.86. The second-order valence-electron chi connectivity index (χ2n) is 3.07.